The number of ether oxygens (including phenoxy) is 2. The van der Waals surface area contributed by atoms with Crippen molar-refractivity contribution in [3.8, 4) is 5.88 Å². The first-order chi connectivity index (χ1) is 7.26. The van der Waals surface area contributed by atoms with Gasteiger partial charge in [-0.25, -0.2) is 9.97 Å². The predicted molar refractivity (Wildman–Crippen MR) is 58.2 cm³/mol. The Morgan fingerprint density at radius 1 is 1.47 bits per heavy atom. The van der Waals surface area contributed by atoms with Crippen molar-refractivity contribution < 1.29 is 9.47 Å². The second-order valence-electron chi connectivity index (χ2n) is 3.10. The third kappa shape index (κ3) is 4.12. The van der Waals surface area contributed by atoms with E-state index in [0.717, 1.165) is 5.82 Å². The van der Waals surface area contributed by atoms with Gasteiger partial charge >= 0.3 is 0 Å². The van der Waals surface area contributed by atoms with Crippen molar-refractivity contribution in [2.24, 2.45) is 0 Å². The van der Waals surface area contributed by atoms with E-state index in [4.69, 9.17) is 9.47 Å². The zero-order valence-electron chi connectivity index (χ0n) is 9.36. The Balaban J connectivity index is 2.50. The van der Waals surface area contributed by atoms with Gasteiger partial charge in [0.2, 0.25) is 5.88 Å². The van der Waals surface area contributed by atoms with Gasteiger partial charge in [-0.1, -0.05) is 0 Å². The van der Waals surface area contributed by atoms with Gasteiger partial charge in [-0.3, -0.25) is 0 Å². The Morgan fingerprint density at radius 2 is 2.27 bits per heavy atom. The highest BCUT2D eigenvalue weighted by molar-refractivity contribution is 5.37. The van der Waals surface area contributed by atoms with Crippen LogP contribution in [0.4, 0.5) is 5.82 Å². The van der Waals surface area contributed by atoms with E-state index < -0.39 is 0 Å². The quantitative estimate of drug-likeness (QED) is 0.769. The average Bonchev–Trinajstić information content (AvgIpc) is 2.27. The first-order valence-electron chi connectivity index (χ1n) is 4.97. The van der Waals surface area contributed by atoms with Crippen molar-refractivity contribution in [1.82, 2.24) is 9.97 Å². The molecule has 0 aromatic carbocycles. The third-order valence-corrected chi connectivity index (χ3v) is 1.91. The summed E-state index contributed by atoms with van der Waals surface area (Å²) in [7, 11) is 1.68. The molecule has 15 heavy (non-hydrogen) atoms. The normalized spacial score (nSPS) is 12.2. The molecule has 0 aliphatic carbocycles. The molecule has 0 fully saturated rings. The fourth-order valence-corrected chi connectivity index (χ4v) is 0.995. The highest BCUT2D eigenvalue weighted by Gasteiger charge is 2.01. The Hall–Kier alpha value is -1.36. The first-order valence-corrected chi connectivity index (χ1v) is 4.97. The lowest BCUT2D eigenvalue weighted by molar-refractivity contribution is 0.128. The van der Waals surface area contributed by atoms with E-state index in [9.17, 15) is 0 Å². The maximum atomic E-state index is 5.26. The molecule has 0 saturated carbocycles. The van der Waals surface area contributed by atoms with E-state index in [1.807, 2.05) is 13.8 Å². The molecule has 0 aliphatic rings. The number of nitrogens with zero attached hydrogens (tertiary/aromatic N) is 2. The summed E-state index contributed by atoms with van der Waals surface area (Å²) in [5, 5.41) is 3.14. The van der Waals surface area contributed by atoms with Crippen LogP contribution in [-0.4, -0.2) is 36.3 Å². The molecule has 0 spiro atoms. The lowest BCUT2D eigenvalue weighted by Gasteiger charge is -2.11. The van der Waals surface area contributed by atoms with Crippen LogP contribution in [0.3, 0.4) is 0 Å². The van der Waals surface area contributed by atoms with Crippen molar-refractivity contribution in [3.05, 3.63) is 12.4 Å². The van der Waals surface area contributed by atoms with Gasteiger partial charge in [0, 0.05) is 19.7 Å². The average molecular weight is 211 g/mol. The van der Waals surface area contributed by atoms with Crippen molar-refractivity contribution in [3.63, 3.8) is 0 Å². The fourth-order valence-electron chi connectivity index (χ4n) is 0.995. The number of anilines is 1. The Morgan fingerprint density at radius 3 is 2.93 bits per heavy atom. The van der Waals surface area contributed by atoms with Gasteiger partial charge in [0.1, 0.15) is 12.1 Å². The number of rotatable bonds is 6. The van der Waals surface area contributed by atoms with E-state index in [1.165, 1.54) is 6.33 Å². The molecule has 1 rings (SSSR count). The van der Waals surface area contributed by atoms with Crippen LogP contribution in [0.2, 0.25) is 0 Å². The lowest BCUT2D eigenvalue weighted by atomic mass is 10.4. The first kappa shape index (κ1) is 11.7. The summed E-state index contributed by atoms with van der Waals surface area (Å²) in [5.74, 6) is 1.33. The Labute approximate surface area is 89.8 Å². The lowest BCUT2D eigenvalue weighted by Crippen LogP contribution is -2.18. The molecule has 0 radical (unpaired) electrons. The molecule has 1 unspecified atom stereocenters. The molecule has 1 aromatic rings. The van der Waals surface area contributed by atoms with Gasteiger partial charge < -0.3 is 14.8 Å². The Bertz CT molecular complexity index is 294. The molecule has 0 bridgehead atoms. The molecule has 5 nitrogen and oxygen atoms in total. The molecule has 1 atom stereocenters. The van der Waals surface area contributed by atoms with Crippen LogP contribution in [0.1, 0.15) is 13.8 Å². The summed E-state index contributed by atoms with van der Waals surface area (Å²) in [6.45, 7) is 5.21. The predicted octanol–water partition coefficient (Wildman–Crippen LogP) is 1.32. The van der Waals surface area contributed by atoms with Crippen molar-refractivity contribution >= 4 is 5.82 Å². The summed E-state index contributed by atoms with van der Waals surface area (Å²) in [5.41, 5.74) is 0. The second kappa shape index (κ2) is 6.19. The van der Waals surface area contributed by atoms with E-state index >= 15 is 0 Å². The number of hydrogen-bond donors (Lipinski definition) is 1. The molecular weight excluding hydrogens is 194 g/mol. The molecule has 5 heteroatoms. The minimum absolute atomic E-state index is 0.149. The van der Waals surface area contributed by atoms with Gasteiger partial charge in [-0.2, -0.15) is 0 Å². The second-order valence-corrected chi connectivity index (χ2v) is 3.10. The molecule has 1 aromatic heterocycles. The van der Waals surface area contributed by atoms with Crippen LogP contribution in [0.15, 0.2) is 12.4 Å². The molecule has 1 heterocycles. The SMILES string of the molecule is CCOc1cc(NCC(C)OC)ncn1. The van der Waals surface area contributed by atoms with E-state index in [-0.39, 0.29) is 6.10 Å². The zero-order chi connectivity index (χ0) is 11.1. The zero-order valence-corrected chi connectivity index (χ0v) is 9.36. The third-order valence-electron chi connectivity index (χ3n) is 1.91. The van der Waals surface area contributed by atoms with Gasteiger partial charge in [0.05, 0.1) is 12.7 Å². The standard InChI is InChI=1S/C10H17N3O2/c1-4-15-10-5-9(12-7-13-10)11-6-8(2)14-3/h5,7-8H,4,6H2,1-3H3,(H,11,12,13). The maximum Gasteiger partial charge on any atom is 0.218 e. The summed E-state index contributed by atoms with van der Waals surface area (Å²) in [6.07, 6.45) is 1.63. The topological polar surface area (TPSA) is 56.3 Å². The number of hydrogen-bond acceptors (Lipinski definition) is 5. The molecule has 0 aliphatic heterocycles. The highest BCUT2D eigenvalue weighted by Crippen LogP contribution is 2.10. The molecule has 0 saturated heterocycles. The van der Waals surface area contributed by atoms with Crippen LogP contribution >= 0.6 is 0 Å². The molecule has 84 valence electrons. The maximum absolute atomic E-state index is 5.26. The van der Waals surface area contributed by atoms with Crippen molar-refractivity contribution in [2.75, 3.05) is 25.6 Å². The van der Waals surface area contributed by atoms with Crippen molar-refractivity contribution in [1.29, 1.82) is 0 Å². The molecule has 1 N–H and O–H groups in total. The smallest absolute Gasteiger partial charge is 0.218 e. The highest BCUT2D eigenvalue weighted by atomic mass is 16.5. The van der Waals surface area contributed by atoms with Crippen molar-refractivity contribution in [2.45, 2.75) is 20.0 Å². The van der Waals surface area contributed by atoms with Crippen LogP contribution in [0.5, 0.6) is 5.88 Å². The number of methoxy groups -OCH3 is 1. The van der Waals surface area contributed by atoms with Crippen LogP contribution < -0.4 is 10.1 Å². The number of nitrogens with one attached hydrogen (secondary N) is 1. The summed E-state index contributed by atoms with van der Waals surface area (Å²) in [4.78, 5) is 8.04. The van der Waals surface area contributed by atoms with Crippen LogP contribution in [0.25, 0.3) is 0 Å². The summed E-state index contributed by atoms with van der Waals surface area (Å²) >= 11 is 0. The largest absolute Gasteiger partial charge is 0.478 e. The minimum Gasteiger partial charge on any atom is -0.478 e. The summed E-state index contributed by atoms with van der Waals surface area (Å²) < 4.78 is 10.4. The van der Waals surface area contributed by atoms with Gasteiger partial charge in [0.25, 0.3) is 0 Å². The molecule has 0 amide bonds. The fraction of sp³-hybridized carbons (Fsp3) is 0.600. The van der Waals surface area contributed by atoms with E-state index in [2.05, 4.69) is 15.3 Å². The Kier molecular flexibility index (Phi) is 4.83. The van der Waals surface area contributed by atoms with Gasteiger partial charge in [-0.15, -0.1) is 0 Å². The van der Waals surface area contributed by atoms with E-state index in [0.29, 0.717) is 19.0 Å². The van der Waals surface area contributed by atoms with Crippen LogP contribution in [-0.2, 0) is 4.74 Å². The van der Waals surface area contributed by atoms with E-state index in [1.54, 1.807) is 13.2 Å². The molecular formula is C10H17N3O2. The van der Waals surface area contributed by atoms with Crippen LogP contribution in [0, 0.1) is 0 Å². The minimum atomic E-state index is 0.149. The van der Waals surface area contributed by atoms with Gasteiger partial charge in [0.15, 0.2) is 0 Å². The number of aromatic nitrogens is 2. The van der Waals surface area contributed by atoms with Gasteiger partial charge in [-0.05, 0) is 13.8 Å². The monoisotopic (exact) mass is 211 g/mol. The summed E-state index contributed by atoms with van der Waals surface area (Å²) in [6, 6.07) is 1.77.